The second kappa shape index (κ2) is 5.57. The lowest BCUT2D eigenvalue weighted by Gasteiger charge is -2.02. The summed E-state index contributed by atoms with van der Waals surface area (Å²) in [6, 6.07) is 5.65. The number of benzene rings is 1. The predicted octanol–water partition coefficient (Wildman–Crippen LogP) is 1.56. The van der Waals surface area contributed by atoms with Crippen LogP contribution in [0, 0.1) is 5.82 Å². The fourth-order valence-corrected chi connectivity index (χ4v) is 2.14. The largest absolute Gasteiger partial charge is 0.369 e. The Hall–Kier alpha value is -2.28. The highest BCUT2D eigenvalue weighted by atomic mass is 32.1. The van der Waals surface area contributed by atoms with Crippen molar-refractivity contribution in [3.8, 4) is 0 Å². The summed E-state index contributed by atoms with van der Waals surface area (Å²) in [6.07, 6.45) is 0.00602. The molecule has 0 spiro atoms. The van der Waals surface area contributed by atoms with Crippen molar-refractivity contribution >= 4 is 28.3 Å². The third kappa shape index (κ3) is 3.35. The van der Waals surface area contributed by atoms with E-state index in [1.54, 1.807) is 11.4 Å². The molecule has 0 aliphatic heterocycles. The van der Waals surface area contributed by atoms with Crippen LogP contribution in [0.4, 0.5) is 9.52 Å². The van der Waals surface area contributed by atoms with Crippen LogP contribution in [0.5, 0.6) is 0 Å². The van der Waals surface area contributed by atoms with Gasteiger partial charge in [-0.2, -0.15) is 0 Å². The minimum absolute atomic E-state index is 0.00602. The normalized spacial score (nSPS) is 10.2. The molecule has 0 fully saturated rings. The Kier molecular flexibility index (Phi) is 3.86. The van der Waals surface area contributed by atoms with Gasteiger partial charge in [-0.25, -0.2) is 9.37 Å². The molecule has 0 aliphatic rings. The van der Waals surface area contributed by atoms with E-state index in [0.717, 1.165) is 11.3 Å². The number of thiazole rings is 1. The summed E-state index contributed by atoms with van der Waals surface area (Å²) in [5, 5.41) is 4.38. The SMILES string of the molecule is NC(=O)Cc1csc(NC(=O)c2ccccc2F)n1. The van der Waals surface area contributed by atoms with Crippen LogP contribution < -0.4 is 11.1 Å². The second-order valence-electron chi connectivity index (χ2n) is 3.72. The van der Waals surface area contributed by atoms with Gasteiger partial charge in [-0.15, -0.1) is 11.3 Å². The molecule has 5 nitrogen and oxygen atoms in total. The standard InChI is InChI=1S/C12H10FN3O2S/c13-9-4-2-1-3-8(9)11(18)16-12-15-7(6-19-12)5-10(14)17/h1-4,6H,5H2,(H2,14,17)(H,15,16,18). The van der Waals surface area contributed by atoms with Gasteiger partial charge >= 0.3 is 0 Å². The van der Waals surface area contributed by atoms with E-state index in [2.05, 4.69) is 10.3 Å². The number of nitrogens with two attached hydrogens (primary N) is 1. The first-order chi connectivity index (χ1) is 9.06. The number of rotatable bonds is 4. The lowest BCUT2D eigenvalue weighted by Crippen LogP contribution is -2.15. The minimum atomic E-state index is -0.603. The van der Waals surface area contributed by atoms with Crippen LogP contribution in [0.3, 0.4) is 0 Å². The molecule has 98 valence electrons. The Morgan fingerprint density at radius 1 is 1.37 bits per heavy atom. The van der Waals surface area contributed by atoms with E-state index in [1.165, 1.54) is 18.2 Å². The van der Waals surface area contributed by atoms with Crippen molar-refractivity contribution < 1.29 is 14.0 Å². The molecule has 1 aromatic carbocycles. The summed E-state index contributed by atoms with van der Waals surface area (Å²) < 4.78 is 13.4. The number of aromatic nitrogens is 1. The van der Waals surface area contributed by atoms with E-state index in [-0.39, 0.29) is 12.0 Å². The van der Waals surface area contributed by atoms with Crippen LogP contribution in [0.15, 0.2) is 29.6 Å². The quantitative estimate of drug-likeness (QED) is 0.890. The van der Waals surface area contributed by atoms with Crippen LogP contribution >= 0.6 is 11.3 Å². The van der Waals surface area contributed by atoms with Gasteiger partial charge < -0.3 is 5.73 Å². The third-order valence-electron chi connectivity index (χ3n) is 2.25. The van der Waals surface area contributed by atoms with E-state index in [4.69, 9.17) is 5.73 Å². The van der Waals surface area contributed by atoms with E-state index in [0.29, 0.717) is 10.8 Å². The van der Waals surface area contributed by atoms with Gasteiger partial charge in [0.15, 0.2) is 5.13 Å². The first kappa shape index (κ1) is 13.2. The molecule has 0 radical (unpaired) electrons. The molecule has 0 aliphatic carbocycles. The molecule has 2 rings (SSSR count). The Labute approximate surface area is 112 Å². The van der Waals surface area contributed by atoms with Gasteiger partial charge in [-0.05, 0) is 12.1 Å². The molecule has 3 N–H and O–H groups in total. The molecular formula is C12H10FN3O2S. The van der Waals surface area contributed by atoms with Crippen LogP contribution in [0.1, 0.15) is 16.1 Å². The molecule has 1 heterocycles. The number of nitrogens with one attached hydrogen (secondary N) is 1. The van der Waals surface area contributed by atoms with Crippen molar-refractivity contribution in [2.24, 2.45) is 5.73 Å². The molecule has 2 aromatic rings. The average molecular weight is 279 g/mol. The van der Waals surface area contributed by atoms with E-state index < -0.39 is 17.6 Å². The minimum Gasteiger partial charge on any atom is -0.369 e. The van der Waals surface area contributed by atoms with Crippen molar-refractivity contribution in [1.29, 1.82) is 0 Å². The monoisotopic (exact) mass is 279 g/mol. The lowest BCUT2D eigenvalue weighted by atomic mass is 10.2. The van der Waals surface area contributed by atoms with Crippen LogP contribution in [0.2, 0.25) is 0 Å². The Morgan fingerprint density at radius 2 is 2.11 bits per heavy atom. The van der Waals surface area contributed by atoms with E-state index in [9.17, 15) is 14.0 Å². The molecule has 0 atom stereocenters. The molecule has 2 amide bonds. The highest BCUT2D eigenvalue weighted by Crippen LogP contribution is 2.17. The number of carbonyl (C=O) groups is 2. The predicted molar refractivity (Wildman–Crippen MR) is 69.4 cm³/mol. The molecular weight excluding hydrogens is 269 g/mol. The van der Waals surface area contributed by atoms with Crippen LogP contribution in [-0.2, 0) is 11.2 Å². The van der Waals surface area contributed by atoms with E-state index >= 15 is 0 Å². The smallest absolute Gasteiger partial charge is 0.260 e. The summed E-state index contributed by atoms with van der Waals surface area (Å²) in [6.45, 7) is 0. The zero-order chi connectivity index (χ0) is 13.8. The number of halogens is 1. The number of hydrogen-bond donors (Lipinski definition) is 2. The van der Waals surface area contributed by atoms with Crippen LogP contribution in [-0.4, -0.2) is 16.8 Å². The molecule has 0 bridgehead atoms. The topological polar surface area (TPSA) is 85.1 Å². The van der Waals surface area contributed by atoms with Gasteiger partial charge in [0, 0.05) is 5.38 Å². The summed E-state index contributed by atoms with van der Waals surface area (Å²) in [5.41, 5.74) is 5.45. The first-order valence-electron chi connectivity index (χ1n) is 5.35. The third-order valence-corrected chi connectivity index (χ3v) is 3.05. The number of hydrogen-bond acceptors (Lipinski definition) is 4. The number of nitrogens with zero attached hydrogens (tertiary/aromatic N) is 1. The highest BCUT2D eigenvalue weighted by Gasteiger charge is 2.13. The van der Waals surface area contributed by atoms with Gasteiger partial charge in [0.1, 0.15) is 5.82 Å². The van der Waals surface area contributed by atoms with Gasteiger partial charge in [-0.1, -0.05) is 12.1 Å². The number of carbonyl (C=O) groups excluding carboxylic acids is 2. The van der Waals surface area contributed by atoms with Crippen molar-refractivity contribution in [3.63, 3.8) is 0 Å². The zero-order valence-electron chi connectivity index (χ0n) is 9.72. The molecule has 19 heavy (non-hydrogen) atoms. The van der Waals surface area contributed by atoms with Crippen molar-refractivity contribution in [1.82, 2.24) is 4.98 Å². The van der Waals surface area contributed by atoms with Crippen LogP contribution in [0.25, 0.3) is 0 Å². The number of amides is 2. The lowest BCUT2D eigenvalue weighted by molar-refractivity contribution is -0.117. The molecule has 1 aromatic heterocycles. The Bertz CT molecular complexity index is 627. The van der Waals surface area contributed by atoms with Gasteiger partial charge in [-0.3, -0.25) is 14.9 Å². The maximum Gasteiger partial charge on any atom is 0.260 e. The number of anilines is 1. The maximum absolute atomic E-state index is 13.4. The summed E-state index contributed by atoms with van der Waals surface area (Å²) in [5.74, 6) is -1.69. The zero-order valence-corrected chi connectivity index (χ0v) is 10.5. The second-order valence-corrected chi connectivity index (χ2v) is 4.58. The fraction of sp³-hybridized carbons (Fsp3) is 0.0833. The van der Waals surface area contributed by atoms with Gasteiger partial charge in [0.05, 0.1) is 17.7 Å². The summed E-state index contributed by atoms with van der Waals surface area (Å²) >= 11 is 1.15. The van der Waals surface area contributed by atoms with Crippen molar-refractivity contribution in [2.75, 3.05) is 5.32 Å². The van der Waals surface area contributed by atoms with Gasteiger partial charge in [0.25, 0.3) is 5.91 Å². The number of primary amides is 1. The summed E-state index contributed by atoms with van der Waals surface area (Å²) in [7, 11) is 0. The average Bonchev–Trinajstić information content (AvgIpc) is 2.76. The Morgan fingerprint density at radius 3 is 2.79 bits per heavy atom. The van der Waals surface area contributed by atoms with E-state index in [1.807, 2.05) is 0 Å². The Balaban J connectivity index is 2.09. The molecule has 0 unspecified atom stereocenters. The molecule has 7 heteroatoms. The summed E-state index contributed by atoms with van der Waals surface area (Å²) in [4.78, 5) is 26.5. The molecule has 0 saturated carbocycles. The highest BCUT2D eigenvalue weighted by molar-refractivity contribution is 7.14. The fourth-order valence-electron chi connectivity index (χ4n) is 1.43. The molecule has 0 saturated heterocycles. The maximum atomic E-state index is 13.4. The first-order valence-corrected chi connectivity index (χ1v) is 6.23. The van der Waals surface area contributed by atoms with Gasteiger partial charge in [0.2, 0.25) is 5.91 Å². The van der Waals surface area contributed by atoms with Crippen molar-refractivity contribution in [2.45, 2.75) is 6.42 Å². The van der Waals surface area contributed by atoms with Crippen molar-refractivity contribution in [3.05, 3.63) is 46.7 Å².